The molecule has 0 atom stereocenters. The molecule has 0 bridgehead atoms. The Bertz CT molecular complexity index is 278. The van der Waals surface area contributed by atoms with Crippen LogP contribution in [-0.4, -0.2) is 5.97 Å². The van der Waals surface area contributed by atoms with Gasteiger partial charge in [-0.1, -0.05) is 71.1 Å². The van der Waals surface area contributed by atoms with Crippen molar-refractivity contribution in [2.24, 2.45) is 0 Å². The third-order valence-corrected chi connectivity index (χ3v) is 2.98. The van der Waals surface area contributed by atoms with Gasteiger partial charge in [-0.15, -0.1) is 0 Å². The van der Waals surface area contributed by atoms with Crippen LogP contribution in [0.4, 0.5) is 0 Å². The van der Waals surface area contributed by atoms with Crippen LogP contribution in [0.15, 0.2) is 0 Å². The summed E-state index contributed by atoms with van der Waals surface area (Å²) in [5.74, 6) is -0.907. The molecule has 6 nitrogen and oxygen atoms in total. The van der Waals surface area contributed by atoms with Gasteiger partial charge in [-0.05, 0) is 12.8 Å². The molecule has 0 rings (SSSR count). The van der Waals surface area contributed by atoms with Gasteiger partial charge in [-0.25, -0.2) is 0 Å². The molecule has 0 radical (unpaired) electrons. The normalized spacial score (nSPS) is 9.91. The molecule has 0 heterocycles. The van der Waals surface area contributed by atoms with Crippen molar-refractivity contribution < 1.29 is 68.1 Å². The third-order valence-electron chi connectivity index (χ3n) is 2.98. The average molecular weight is 453 g/mol. The van der Waals surface area contributed by atoms with Crippen molar-refractivity contribution in [3.8, 4) is 0 Å². The second kappa shape index (κ2) is 22.8. The second-order valence-corrected chi connectivity index (χ2v) is 6.00. The number of hydrogen-bond acceptors (Lipinski definition) is 6. The molecule has 0 saturated heterocycles. The van der Waals surface area contributed by atoms with E-state index < -0.39 is 13.8 Å². The average Bonchev–Trinajstić information content (AvgIpc) is 2.33. The first-order valence-corrected chi connectivity index (χ1v) is 9.16. The molecule has 0 aromatic rings. The number of carboxylic acid groups (broad SMARTS) is 1. The zero-order chi connectivity index (χ0) is 16.6. The van der Waals surface area contributed by atoms with Gasteiger partial charge in [-0.2, -0.15) is 7.82 Å². The molecule has 0 aliphatic rings. The first kappa shape index (κ1) is 31.6. The molecule has 128 valence electrons. The van der Waals surface area contributed by atoms with E-state index in [0.29, 0.717) is 0 Å². The van der Waals surface area contributed by atoms with Crippen LogP contribution in [0.3, 0.4) is 0 Å². The Balaban J connectivity index is -0.000000225. The zero-order valence-corrected chi connectivity index (χ0v) is 21.1. The van der Waals surface area contributed by atoms with Crippen molar-refractivity contribution in [1.29, 1.82) is 0 Å². The van der Waals surface area contributed by atoms with Gasteiger partial charge in [0.25, 0.3) is 0 Å². The summed E-state index contributed by atoms with van der Waals surface area (Å²) in [4.78, 5) is 35.8. The van der Waals surface area contributed by atoms with E-state index in [2.05, 4.69) is 6.92 Å². The first-order chi connectivity index (χ1) is 9.77. The standard InChI is InChI=1S/C14H28O2.H3O4P.2Zn/c1-2-3-4-5-6-7-8-9-10-11-12-13-14(15)16;1-5(2,3)4;;/h2-13H2,1H3,(H,15,16);(H3,1,2,3,4);;/q;;2*+2/p-4. The van der Waals surface area contributed by atoms with E-state index in [1.54, 1.807) is 0 Å². The summed E-state index contributed by atoms with van der Waals surface area (Å²) in [7, 11) is -5.39. The Morgan fingerprint density at radius 1 is 0.739 bits per heavy atom. The van der Waals surface area contributed by atoms with E-state index in [-0.39, 0.29) is 45.4 Å². The Labute approximate surface area is 165 Å². The first-order valence-electron chi connectivity index (χ1n) is 7.70. The molecule has 0 fully saturated rings. The van der Waals surface area contributed by atoms with Gasteiger partial charge in [0.15, 0.2) is 0 Å². The molecular formula is C14H27O6PZn2. The monoisotopic (exact) mass is 450 g/mol. The summed E-state index contributed by atoms with van der Waals surface area (Å²) in [5.41, 5.74) is 0. The molecule has 0 saturated carbocycles. The van der Waals surface area contributed by atoms with Gasteiger partial charge in [0.05, 0.1) is 0 Å². The van der Waals surface area contributed by atoms with Gasteiger partial charge in [-0.3, -0.25) is 0 Å². The predicted molar refractivity (Wildman–Crippen MR) is 73.7 cm³/mol. The van der Waals surface area contributed by atoms with Crippen LogP contribution in [0.25, 0.3) is 0 Å². The number of rotatable bonds is 12. The molecule has 0 aliphatic carbocycles. The molecule has 9 heteroatoms. The number of aliphatic carboxylic acids is 1. The largest absolute Gasteiger partial charge is 2.00 e. The summed E-state index contributed by atoms with van der Waals surface area (Å²) in [6.45, 7) is 2.24. The Hall–Kier alpha value is 0.827. The van der Waals surface area contributed by atoms with E-state index in [1.165, 1.54) is 57.8 Å². The summed E-state index contributed by atoms with van der Waals surface area (Å²) in [6, 6.07) is 0. The van der Waals surface area contributed by atoms with Crippen LogP contribution < -0.4 is 19.8 Å². The zero-order valence-electron chi connectivity index (χ0n) is 14.3. The summed E-state index contributed by atoms with van der Waals surface area (Å²) < 4.78 is 8.55. The van der Waals surface area contributed by atoms with Crippen LogP contribution in [0.2, 0.25) is 0 Å². The van der Waals surface area contributed by atoms with Gasteiger partial charge >= 0.3 is 39.0 Å². The topological polar surface area (TPSA) is 126 Å². The minimum absolute atomic E-state index is 0. The Morgan fingerprint density at radius 2 is 1.00 bits per heavy atom. The molecule has 0 N–H and O–H groups in total. The number of unbranched alkanes of at least 4 members (excludes halogenated alkanes) is 10. The van der Waals surface area contributed by atoms with Gasteiger partial charge in [0.1, 0.15) is 0 Å². The van der Waals surface area contributed by atoms with Crippen molar-refractivity contribution in [3.63, 3.8) is 0 Å². The summed E-state index contributed by atoms with van der Waals surface area (Å²) in [5, 5.41) is 10.1. The maximum absolute atomic E-state index is 10.1. The fraction of sp³-hybridized carbons (Fsp3) is 0.929. The van der Waals surface area contributed by atoms with E-state index in [0.717, 1.165) is 12.8 Å². The van der Waals surface area contributed by atoms with Gasteiger partial charge in [0.2, 0.25) is 0 Å². The minimum atomic E-state index is -5.39. The van der Waals surface area contributed by atoms with E-state index in [4.69, 9.17) is 19.2 Å². The van der Waals surface area contributed by atoms with Gasteiger partial charge in [0, 0.05) is 5.97 Å². The molecule has 0 unspecified atom stereocenters. The van der Waals surface area contributed by atoms with Crippen molar-refractivity contribution >= 4 is 13.8 Å². The predicted octanol–water partition coefficient (Wildman–Crippen LogP) is 0.608. The maximum Gasteiger partial charge on any atom is 2.00 e. The molecule has 0 aliphatic heterocycles. The van der Waals surface area contributed by atoms with Crippen LogP contribution >= 0.6 is 7.82 Å². The molecule has 0 spiro atoms. The van der Waals surface area contributed by atoms with Crippen LogP contribution in [0.5, 0.6) is 0 Å². The van der Waals surface area contributed by atoms with Crippen LogP contribution in [0, 0.1) is 0 Å². The minimum Gasteiger partial charge on any atom is -0.822 e. The quantitative estimate of drug-likeness (QED) is 0.242. The fourth-order valence-electron chi connectivity index (χ4n) is 1.93. The fourth-order valence-corrected chi connectivity index (χ4v) is 1.93. The molecule has 0 aromatic heterocycles. The number of carbonyl (C=O) groups is 1. The number of hydrogen-bond donors (Lipinski definition) is 0. The Kier molecular flexibility index (Phi) is 31.3. The van der Waals surface area contributed by atoms with E-state index >= 15 is 0 Å². The summed E-state index contributed by atoms with van der Waals surface area (Å²) >= 11 is 0. The Morgan fingerprint density at radius 3 is 1.26 bits per heavy atom. The summed E-state index contributed by atoms with van der Waals surface area (Å²) in [6.07, 6.45) is 14.0. The van der Waals surface area contributed by atoms with Crippen LogP contribution in [-0.2, 0) is 48.3 Å². The van der Waals surface area contributed by atoms with Crippen molar-refractivity contribution in [2.45, 2.75) is 84.0 Å². The number of carbonyl (C=O) groups excluding carboxylic acids is 1. The SMILES string of the molecule is CCCCCCCCCCCCCC(=O)[O-].O=P([O-])([O-])[O-].[Zn+2].[Zn+2]. The molecular weight excluding hydrogens is 426 g/mol. The molecule has 23 heavy (non-hydrogen) atoms. The maximum atomic E-state index is 10.1. The van der Waals surface area contributed by atoms with Crippen LogP contribution in [0.1, 0.15) is 84.0 Å². The van der Waals surface area contributed by atoms with E-state index in [1.807, 2.05) is 0 Å². The van der Waals surface area contributed by atoms with Gasteiger partial charge < -0.3 is 29.1 Å². The third kappa shape index (κ3) is 51.8. The number of phosphoric acid groups is 1. The van der Waals surface area contributed by atoms with Crippen molar-refractivity contribution in [1.82, 2.24) is 0 Å². The van der Waals surface area contributed by atoms with Crippen molar-refractivity contribution in [3.05, 3.63) is 0 Å². The molecule has 0 aromatic carbocycles. The second-order valence-electron chi connectivity index (χ2n) is 5.10. The van der Waals surface area contributed by atoms with E-state index in [9.17, 15) is 9.90 Å². The smallest absolute Gasteiger partial charge is 0.822 e. The van der Waals surface area contributed by atoms with Crippen molar-refractivity contribution in [2.75, 3.05) is 0 Å². The molecule has 0 amide bonds. The number of carboxylic acids is 1.